The van der Waals surface area contributed by atoms with Gasteiger partial charge in [-0.1, -0.05) is 0 Å². The normalized spacial score (nSPS) is 10.5. The zero-order chi connectivity index (χ0) is 21.2. The van der Waals surface area contributed by atoms with E-state index in [0.29, 0.717) is 17.2 Å². The van der Waals surface area contributed by atoms with Gasteiger partial charge in [0.25, 0.3) is 11.8 Å². The van der Waals surface area contributed by atoms with Crippen molar-refractivity contribution in [1.29, 1.82) is 0 Å². The molecule has 3 N–H and O–H groups in total. The predicted octanol–water partition coefficient (Wildman–Crippen LogP) is 5.34. The second-order valence-corrected chi connectivity index (χ2v) is 6.76. The number of imidazole rings is 1. The van der Waals surface area contributed by atoms with E-state index < -0.39 is 0 Å². The molecule has 5 rings (SSSR count). The van der Waals surface area contributed by atoms with Gasteiger partial charge < -0.3 is 24.5 Å². The molecule has 0 aliphatic rings. The average molecular weight is 449 g/mol. The molecule has 3 heterocycles. The summed E-state index contributed by atoms with van der Waals surface area (Å²) in [6.07, 6.45) is 2.90. The summed E-state index contributed by atoms with van der Waals surface area (Å²) in [4.78, 5) is 32.1. The van der Waals surface area contributed by atoms with Crippen LogP contribution in [0.3, 0.4) is 0 Å². The first-order valence-corrected chi connectivity index (χ1v) is 9.46. The Bertz CT molecular complexity index is 1360. The molecule has 9 heteroatoms. The number of aromatic amines is 1. The first-order valence-electron chi connectivity index (χ1n) is 9.46. The van der Waals surface area contributed by atoms with Crippen LogP contribution in [0, 0.1) is 0 Å². The van der Waals surface area contributed by atoms with Crippen molar-refractivity contribution >= 4 is 46.6 Å². The van der Waals surface area contributed by atoms with Gasteiger partial charge in [0.1, 0.15) is 5.82 Å². The van der Waals surface area contributed by atoms with Crippen molar-refractivity contribution in [2.24, 2.45) is 0 Å². The molecule has 0 bridgehead atoms. The van der Waals surface area contributed by atoms with Gasteiger partial charge in [0, 0.05) is 16.9 Å². The number of amides is 2. The van der Waals surface area contributed by atoms with Gasteiger partial charge in [0.15, 0.2) is 11.5 Å². The van der Waals surface area contributed by atoms with Crippen molar-refractivity contribution in [2.75, 3.05) is 10.6 Å². The SMILES string of the molecule is Cl.O=C(Nc1ccc(-c2nc3ccc(NC(=O)c4ccco4)cc3[nH]2)cc1)c1ccco1. The number of aromatic nitrogens is 2. The molecule has 2 aromatic carbocycles. The minimum absolute atomic E-state index is 0. The molecule has 0 saturated heterocycles. The van der Waals surface area contributed by atoms with E-state index >= 15 is 0 Å². The van der Waals surface area contributed by atoms with Crippen LogP contribution in [0.5, 0.6) is 0 Å². The highest BCUT2D eigenvalue weighted by atomic mass is 35.5. The number of benzene rings is 2. The third-order valence-corrected chi connectivity index (χ3v) is 4.65. The standard InChI is InChI=1S/C23H16N4O4.ClH/c28-22(19-3-1-11-30-19)24-15-7-5-14(6-8-15)21-26-17-10-9-16(13-18(17)27-21)25-23(29)20-4-2-12-31-20;/h1-13H,(H,24,28)(H,25,29)(H,26,27);1H. The Labute approximate surface area is 188 Å². The van der Waals surface area contributed by atoms with E-state index in [0.717, 1.165) is 16.6 Å². The molecule has 0 aliphatic heterocycles. The number of carbonyl (C=O) groups is 2. The number of anilines is 2. The van der Waals surface area contributed by atoms with Gasteiger partial charge in [0.05, 0.1) is 23.6 Å². The maximum absolute atomic E-state index is 12.2. The van der Waals surface area contributed by atoms with Crippen LogP contribution in [-0.4, -0.2) is 21.8 Å². The molecule has 160 valence electrons. The topological polar surface area (TPSA) is 113 Å². The summed E-state index contributed by atoms with van der Waals surface area (Å²) in [5.41, 5.74) is 3.67. The van der Waals surface area contributed by atoms with E-state index in [4.69, 9.17) is 8.83 Å². The summed E-state index contributed by atoms with van der Waals surface area (Å²) >= 11 is 0. The van der Waals surface area contributed by atoms with Crippen LogP contribution in [-0.2, 0) is 0 Å². The lowest BCUT2D eigenvalue weighted by molar-refractivity contribution is 0.0989. The van der Waals surface area contributed by atoms with Crippen molar-refractivity contribution in [1.82, 2.24) is 9.97 Å². The minimum atomic E-state index is -0.323. The zero-order valence-corrected chi connectivity index (χ0v) is 17.3. The second-order valence-electron chi connectivity index (χ2n) is 6.76. The van der Waals surface area contributed by atoms with Crippen LogP contribution < -0.4 is 10.6 Å². The van der Waals surface area contributed by atoms with E-state index in [1.807, 2.05) is 24.3 Å². The molecule has 0 spiro atoms. The lowest BCUT2D eigenvalue weighted by atomic mass is 10.2. The summed E-state index contributed by atoms with van der Waals surface area (Å²) < 4.78 is 10.2. The Balaban J connectivity index is 0.00000245. The number of nitrogens with zero attached hydrogens (tertiary/aromatic N) is 1. The number of furan rings is 2. The zero-order valence-electron chi connectivity index (χ0n) is 16.5. The fourth-order valence-electron chi connectivity index (χ4n) is 3.14. The molecule has 32 heavy (non-hydrogen) atoms. The average Bonchev–Trinajstić information content (AvgIpc) is 3.55. The summed E-state index contributed by atoms with van der Waals surface area (Å²) in [6.45, 7) is 0. The minimum Gasteiger partial charge on any atom is -0.459 e. The third kappa shape index (κ3) is 4.26. The fraction of sp³-hybridized carbons (Fsp3) is 0. The number of fused-ring (bicyclic) bond motifs is 1. The maximum Gasteiger partial charge on any atom is 0.291 e. The lowest BCUT2D eigenvalue weighted by Gasteiger charge is -2.04. The number of carbonyl (C=O) groups excluding carboxylic acids is 2. The van der Waals surface area contributed by atoms with Gasteiger partial charge in [0.2, 0.25) is 0 Å². The lowest BCUT2D eigenvalue weighted by Crippen LogP contribution is -2.10. The smallest absolute Gasteiger partial charge is 0.291 e. The molecule has 0 aliphatic carbocycles. The third-order valence-electron chi connectivity index (χ3n) is 4.65. The number of rotatable bonds is 5. The number of H-pyrrole nitrogens is 1. The maximum atomic E-state index is 12.2. The number of hydrogen-bond acceptors (Lipinski definition) is 5. The highest BCUT2D eigenvalue weighted by Crippen LogP contribution is 2.24. The van der Waals surface area contributed by atoms with Crippen molar-refractivity contribution in [2.45, 2.75) is 0 Å². The molecule has 0 unspecified atom stereocenters. The van der Waals surface area contributed by atoms with Gasteiger partial charge in [-0.05, 0) is 66.7 Å². The fourth-order valence-corrected chi connectivity index (χ4v) is 3.14. The Morgan fingerprint density at radius 3 is 1.97 bits per heavy atom. The summed E-state index contributed by atoms with van der Waals surface area (Å²) in [5.74, 6) is 0.524. The van der Waals surface area contributed by atoms with Crippen LogP contribution >= 0.6 is 12.4 Å². The van der Waals surface area contributed by atoms with Crippen LogP contribution in [0.15, 0.2) is 88.1 Å². The molecule has 0 radical (unpaired) electrons. The Morgan fingerprint density at radius 1 is 0.781 bits per heavy atom. The Morgan fingerprint density at radius 2 is 1.38 bits per heavy atom. The largest absolute Gasteiger partial charge is 0.459 e. The first-order chi connectivity index (χ1) is 15.2. The van der Waals surface area contributed by atoms with Crippen LogP contribution in [0.2, 0.25) is 0 Å². The van der Waals surface area contributed by atoms with Crippen LogP contribution in [0.1, 0.15) is 21.1 Å². The molecular formula is C23H17ClN4O4. The first kappa shape index (κ1) is 21.0. The van der Waals surface area contributed by atoms with Crippen molar-refractivity contribution in [3.05, 3.63) is 90.8 Å². The second kappa shape index (κ2) is 8.83. The van der Waals surface area contributed by atoms with E-state index in [9.17, 15) is 9.59 Å². The molecule has 0 fully saturated rings. The molecule has 0 saturated carbocycles. The number of nitrogens with one attached hydrogen (secondary N) is 3. The van der Waals surface area contributed by atoms with E-state index in [-0.39, 0.29) is 35.7 Å². The van der Waals surface area contributed by atoms with Gasteiger partial charge in [-0.2, -0.15) is 0 Å². The monoisotopic (exact) mass is 448 g/mol. The van der Waals surface area contributed by atoms with Gasteiger partial charge in [-0.15, -0.1) is 12.4 Å². The Hall–Kier alpha value is -4.30. The van der Waals surface area contributed by atoms with Crippen LogP contribution in [0.4, 0.5) is 11.4 Å². The van der Waals surface area contributed by atoms with Crippen molar-refractivity contribution in [3.63, 3.8) is 0 Å². The Kier molecular flexibility index (Phi) is 5.78. The van der Waals surface area contributed by atoms with E-state index in [2.05, 4.69) is 20.6 Å². The highest BCUT2D eigenvalue weighted by molar-refractivity contribution is 6.03. The van der Waals surface area contributed by atoms with Gasteiger partial charge in [-0.25, -0.2) is 4.98 Å². The molecule has 2 amide bonds. The number of hydrogen-bond donors (Lipinski definition) is 3. The molecule has 8 nitrogen and oxygen atoms in total. The molecule has 0 atom stereocenters. The van der Waals surface area contributed by atoms with E-state index in [1.165, 1.54) is 12.5 Å². The molecule has 5 aromatic rings. The van der Waals surface area contributed by atoms with Gasteiger partial charge in [-0.3, -0.25) is 9.59 Å². The van der Waals surface area contributed by atoms with Crippen molar-refractivity contribution < 1.29 is 18.4 Å². The summed E-state index contributed by atoms with van der Waals surface area (Å²) in [5, 5.41) is 5.57. The van der Waals surface area contributed by atoms with Gasteiger partial charge >= 0.3 is 0 Å². The summed E-state index contributed by atoms with van der Waals surface area (Å²) in [7, 11) is 0. The molecule has 3 aromatic heterocycles. The van der Waals surface area contributed by atoms with Crippen LogP contribution in [0.25, 0.3) is 22.4 Å². The van der Waals surface area contributed by atoms with E-state index in [1.54, 1.807) is 42.5 Å². The molecular weight excluding hydrogens is 432 g/mol. The predicted molar refractivity (Wildman–Crippen MR) is 122 cm³/mol. The van der Waals surface area contributed by atoms with Crippen molar-refractivity contribution in [3.8, 4) is 11.4 Å². The summed E-state index contributed by atoms with van der Waals surface area (Å²) in [6, 6.07) is 19.2. The highest BCUT2D eigenvalue weighted by Gasteiger charge is 2.12. The quantitative estimate of drug-likeness (QED) is 0.335. The number of halogens is 1.